The number of benzene rings is 3. The monoisotopic (exact) mass is 426 g/mol. The summed E-state index contributed by atoms with van der Waals surface area (Å²) in [6, 6.07) is 21.1. The molecule has 0 saturated carbocycles. The number of aliphatic hydroxyl groups excluding tert-OH is 1. The van der Waals surface area contributed by atoms with Crippen LogP contribution in [0.15, 0.2) is 60.7 Å². The smallest absolute Gasteiger partial charge is 0.323 e. The summed E-state index contributed by atoms with van der Waals surface area (Å²) in [6.45, 7) is 3.86. The lowest BCUT2D eigenvalue weighted by Crippen LogP contribution is -2.39. The van der Waals surface area contributed by atoms with E-state index >= 15 is 0 Å². The molecule has 162 valence electrons. The third-order valence-electron chi connectivity index (χ3n) is 5.48. The average Bonchev–Trinajstić information content (AvgIpc) is 2.80. The van der Waals surface area contributed by atoms with Crippen LogP contribution in [-0.2, 0) is 11.3 Å². The molecule has 0 radical (unpaired) electrons. The maximum atomic E-state index is 11.1. The van der Waals surface area contributed by atoms with E-state index in [0.717, 1.165) is 38.9 Å². The number of nitrogens with one attached hydrogen (secondary N) is 1. The predicted molar refractivity (Wildman–Crippen MR) is 127 cm³/mol. The van der Waals surface area contributed by atoms with Crippen LogP contribution in [0.25, 0.3) is 23.3 Å². The van der Waals surface area contributed by atoms with Crippen LogP contribution in [-0.4, -0.2) is 28.8 Å². The third-order valence-corrected chi connectivity index (χ3v) is 5.48. The van der Waals surface area contributed by atoms with Crippen molar-refractivity contribution in [3.05, 3.63) is 94.0 Å². The number of carboxylic acid groups (broad SMARTS) is 1. The molecule has 5 heteroatoms. The minimum absolute atomic E-state index is 0.353. The molecule has 1 atom stereocenters. The van der Waals surface area contributed by atoms with Crippen LogP contribution >= 0.6 is 0 Å². The van der Waals surface area contributed by atoms with E-state index in [2.05, 4.69) is 11.4 Å². The summed E-state index contributed by atoms with van der Waals surface area (Å²) in [5.74, 6) is -1.08. The quantitative estimate of drug-likeness (QED) is 0.460. The van der Waals surface area contributed by atoms with Gasteiger partial charge < -0.3 is 10.2 Å². The van der Waals surface area contributed by atoms with Gasteiger partial charge in [0, 0.05) is 12.1 Å². The summed E-state index contributed by atoms with van der Waals surface area (Å²) in [5, 5.41) is 30.9. The highest BCUT2D eigenvalue weighted by Gasteiger charge is 2.15. The van der Waals surface area contributed by atoms with Gasteiger partial charge in [0.25, 0.3) is 0 Å². The number of aliphatic hydroxyl groups is 1. The maximum Gasteiger partial charge on any atom is 0.323 e. The van der Waals surface area contributed by atoms with Gasteiger partial charge in [-0.3, -0.25) is 10.1 Å². The number of nitrogens with zero attached hydrogens (tertiary/aromatic N) is 1. The summed E-state index contributed by atoms with van der Waals surface area (Å²) in [6.07, 6.45) is 3.95. The molecule has 0 heterocycles. The van der Waals surface area contributed by atoms with Crippen molar-refractivity contribution in [1.82, 2.24) is 5.32 Å². The largest absolute Gasteiger partial charge is 0.480 e. The Morgan fingerprint density at radius 3 is 2.41 bits per heavy atom. The average molecular weight is 427 g/mol. The van der Waals surface area contributed by atoms with Gasteiger partial charge >= 0.3 is 5.97 Å². The normalized spacial score (nSPS) is 11.9. The van der Waals surface area contributed by atoms with E-state index in [4.69, 9.17) is 5.11 Å². The minimum Gasteiger partial charge on any atom is -0.480 e. The molecule has 1 unspecified atom stereocenters. The van der Waals surface area contributed by atoms with Crippen molar-refractivity contribution in [2.45, 2.75) is 26.4 Å². The topological polar surface area (TPSA) is 93.3 Å². The molecule has 3 aromatic carbocycles. The van der Waals surface area contributed by atoms with Crippen LogP contribution < -0.4 is 5.32 Å². The van der Waals surface area contributed by atoms with Gasteiger partial charge in [0.15, 0.2) is 0 Å². The SMILES string of the molecule is Cc1cc(CNC(CO)C(=O)O)c(C)cc1/C=C/c1cccc(-c2ccccc2)c1C#N. The number of nitriles is 1. The Hall–Kier alpha value is -3.72. The van der Waals surface area contributed by atoms with Gasteiger partial charge in [-0.2, -0.15) is 5.26 Å². The lowest BCUT2D eigenvalue weighted by atomic mass is 9.94. The molecule has 3 N–H and O–H groups in total. The molecule has 0 amide bonds. The molecular formula is C27H26N2O3. The second-order valence-corrected chi connectivity index (χ2v) is 7.67. The fourth-order valence-electron chi connectivity index (χ4n) is 3.60. The van der Waals surface area contributed by atoms with Crippen LogP contribution in [0.3, 0.4) is 0 Å². The van der Waals surface area contributed by atoms with E-state index in [1.165, 1.54) is 0 Å². The number of rotatable bonds is 8. The molecule has 3 rings (SSSR count). The van der Waals surface area contributed by atoms with E-state index in [0.29, 0.717) is 12.1 Å². The van der Waals surface area contributed by atoms with Crippen LogP contribution in [0.4, 0.5) is 0 Å². The van der Waals surface area contributed by atoms with Gasteiger partial charge in [0.05, 0.1) is 12.2 Å². The Morgan fingerprint density at radius 2 is 1.75 bits per heavy atom. The molecule has 0 saturated heterocycles. The van der Waals surface area contributed by atoms with Crippen molar-refractivity contribution in [2.75, 3.05) is 6.61 Å². The molecule has 5 nitrogen and oxygen atoms in total. The first-order valence-electron chi connectivity index (χ1n) is 10.4. The molecule has 0 aromatic heterocycles. The number of carbonyl (C=O) groups is 1. The maximum absolute atomic E-state index is 11.1. The molecule has 0 bridgehead atoms. The molecule has 0 aliphatic heterocycles. The van der Waals surface area contributed by atoms with Crippen LogP contribution in [0.1, 0.15) is 33.4 Å². The number of hydrogen-bond acceptors (Lipinski definition) is 4. The van der Waals surface area contributed by atoms with Crippen molar-refractivity contribution in [1.29, 1.82) is 5.26 Å². The first-order chi connectivity index (χ1) is 15.4. The fraction of sp³-hybridized carbons (Fsp3) is 0.185. The Balaban J connectivity index is 1.87. The van der Waals surface area contributed by atoms with Gasteiger partial charge in [-0.25, -0.2) is 0 Å². The van der Waals surface area contributed by atoms with E-state index in [1.54, 1.807) is 0 Å². The van der Waals surface area contributed by atoms with E-state index in [-0.39, 0.29) is 0 Å². The fourth-order valence-corrected chi connectivity index (χ4v) is 3.60. The van der Waals surface area contributed by atoms with Crippen molar-refractivity contribution in [3.63, 3.8) is 0 Å². The van der Waals surface area contributed by atoms with Crippen molar-refractivity contribution < 1.29 is 15.0 Å². The minimum atomic E-state index is -1.08. The summed E-state index contributed by atoms with van der Waals surface area (Å²) >= 11 is 0. The number of aryl methyl sites for hydroxylation is 2. The lowest BCUT2D eigenvalue weighted by molar-refractivity contribution is -0.140. The Labute approximate surface area is 188 Å². The molecule has 0 fully saturated rings. The third kappa shape index (κ3) is 5.30. The first kappa shape index (κ1) is 23.0. The Morgan fingerprint density at radius 1 is 1.03 bits per heavy atom. The molecule has 0 aliphatic carbocycles. The molecule has 0 spiro atoms. The molecule has 32 heavy (non-hydrogen) atoms. The zero-order valence-corrected chi connectivity index (χ0v) is 18.2. The highest BCUT2D eigenvalue weighted by atomic mass is 16.4. The number of hydrogen-bond donors (Lipinski definition) is 3. The number of carboxylic acids is 1. The summed E-state index contributed by atoms with van der Waals surface area (Å²) in [5.41, 5.74) is 7.45. The van der Waals surface area contributed by atoms with E-state index in [1.807, 2.05) is 86.7 Å². The zero-order chi connectivity index (χ0) is 23.1. The Kier molecular flexibility index (Phi) is 7.56. The molecule has 3 aromatic rings. The highest BCUT2D eigenvalue weighted by Crippen LogP contribution is 2.27. The van der Waals surface area contributed by atoms with E-state index < -0.39 is 18.6 Å². The standard InChI is InChI=1S/C27H26N2O3/c1-18-14-23(16-29-26(17-30)27(31)32)19(2)13-22(18)12-11-21-9-6-10-24(25(21)15-28)20-7-4-3-5-8-20/h3-14,26,29-30H,16-17H2,1-2H3,(H,31,32)/b12-11+. The lowest BCUT2D eigenvalue weighted by Gasteiger charge is -2.15. The van der Waals surface area contributed by atoms with Crippen LogP contribution in [0.2, 0.25) is 0 Å². The summed E-state index contributed by atoms with van der Waals surface area (Å²) in [4.78, 5) is 11.1. The van der Waals surface area contributed by atoms with Crippen molar-refractivity contribution in [2.24, 2.45) is 0 Å². The van der Waals surface area contributed by atoms with Crippen molar-refractivity contribution >= 4 is 18.1 Å². The zero-order valence-electron chi connectivity index (χ0n) is 18.2. The molecule has 0 aliphatic rings. The Bertz CT molecular complexity index is 1180. The highest BCUT2D eigenvalue weighted by molar-refractivity contribution is 5.81. The second-order valence-electron chi connectivity index (χ2n) is 7.67. The molecular weight excluding hydrogens is 400 g/mol. The summed E-state index contributed by atoms with van der Waals surface area (Å²) < 4.78 is 0. The van der Waals surface area contributed by atoms with Gasteiger partial charge in [-0.1, -0.05) is 72.8 Å². The van der Waals surface area contributed by atoms with Gasteiger partial charge in [0.1, 0.15) is 12.1 Å². The predicted octanol–water partition coefficient (Wildman–Crippen LogP) is 4.55. The first-order valence-corrected chi connectivity index (χ1v) is 10.4. The van der Waals surface area contributed by atoms with Crippen molar-refractivity contribution in [3.8, 4) is 17.2 Å². The van der Waals surface area contributed by atoms with Gasteiger partial charge in [-0.15, -0.1) is 0 Å². The summed E-state index contributed by atoms with van der Waals surface area (Å²) in [7, 11) is 0. The second kappa shape index (κ2) is 10.5. The number of aliphatic carboxylic acids is 1. The van der Waals surface area contributed by atoms with Gasteiger partial charge in [0.2, 0.25) is 0 Å². The van der Waals surface area contributed by atoms with Gasteiger partial charge in [-0.05, 0) is 47.2 Å². The van der Waals surface area contributed by atoms with Crippen LogP contribution in [0, 0.1) is 25.2 Å². The van der Waals surface area contributed by atoms with Crippen LogP contribution in [0.5, 0.6) is 0 Å². The van der Waals surface area contributed by atoms with E-state index in [9.17, 15) is 15.2 Å².